The summed E-state index contributed by atoms with van der Waals surface area (Å²) in [4.78, 5) is 16.7. The largest absolute Gasteiger partial charge is 0.347 e. The third-order valence-electron chi connectivity index (χ3n) is 4.38. The molecule has 0 saturated heterocycles. The predicted octanol–water partition coefficient (Wildman–Crippen LogP) is 3.87. The van der Waals surface area contributed by atoms with E-state index in [0.29, 0.717) is 17.9 Å². The van der Waals surface area contributed by atoms with Gasteiger partial charge in [-0.15, -0.1) is 0 Å². The number of aryl methyl sites for hydroxylation is 2. The molecule has 1 atom stereocenters. The van der Waals surface area contributed by atoms with Crippen LogP contribution in [0.5, 0.6) is 0 Å². The third kappa shape index (κ3) is 3.96. The number of amides is 1. The Kier molecular flexibility index (Phi) is 4.88. The van der Waals surface area contributed by atoms with Gasteiger partial charge in [0.25, 0.3) is 0 Å². The second-order valence-electron chi connectivity index (χ2n) is 6.34. The minimum atomic E-state index is -0.882. The summed E-state index contributed by atoms with van der Waals surface area (Å²) < 4.78 is 26.1. The second-order valence-corrected chi connectivity index (χ2v) is 6.34. The number of carbonyl (C=O) groups excluding carboxylic acids is 1. The molecule has 0 radical (unpaired) electrons. The molecule has 1 aliphatic carbocycles. The summed E-state index contributed by atoms with van der Waals surface area (Å²) >= 11 is 0. The molecule has 0 aliphatic heterocycles. The van der Waals surface area contributed by atoms with Crippen LogP contribution in [0.1, 0.15) is 42.1 Å². The Morgan fingerprint density at radius 1 is 1.29 bits per heavy atom. The maximum Gasteiger partial charge on any atom is 0.220 e. The van der Waals surface area contributed by atoms with E-state index in [0.717, 1.165) is 36.2 Å². The molecule has 1 aromatic carbocycles. The van der Waals surface area contributed by atoms with Crippen molar-refractivity contribution >= 4 is 5.91 Å². The number of hydrogen-bond donors (Lipinski definition) is 1. The lowest BCUT2D eigenvalue weighted by Gasteiger charge is -2.19. The lowest BCUT2D eigenvalue weighted by molar-refractivity contribution is -0.122. The molecule has 24 heavy (non-hydrogen) atoms. The zero-order valence-electron chi connectivity index (χ0n) is 13.6. The molecule has 5 heteroatoms. The first-order valence-corrected chi connectivity index (χ1v) is 8.19. The molecule has 0 spiro atoms. The van der Waals surface area contributed by atoms with Crippen molar-refractivity contribution < 1.29 is 13.6 Å². The summed E-state index contributed by atoms with van der Waals surface area (Å²) in [6.07, 6.45) is 4.53. The van der Waals surface area contributed by atoms with Crippen molar-refractivity contribution in [1.82, 2.24) is 10.3 Å². The van der Waals surface area contributed by atoms with E-state index >= 15 is 0 Å². The van der Waals surface area contributed by atoms with Gasteiger partial charge < -0.3 is 5.32 Å². The number of nitrogens with one attached hydrogen (secondary N) is 1. The van der Waals surface area contributed by atoms with Crippen LogP contribution in [-0.2, 0) is 11.2 Å². The molecule has 0 unspecified atom stereocenters. The van der Waals surface area contributed by atoms with Crippen molar-refractivity contribution in [2.24, 2.45) is 5.92 Å². The molecule has 1 fully saturated rings. The zero-order valence-corrected chi connectivity index (χ0v) is 13.6. The van der Waals surface area contributed by atoms with Gasteiger partial charge in [-0.05, 0) is 61.4 Å². The summed E-state index contributed by atoms with van der Waals surface area (Å²) in [6, 6.07) is 7.55. The number of aromatic nitrogens is 1. The summed E-state index contributed by atoms with van der Waals surface area (Å²) in [7, 11) is 0. The molecule has 126 valence electrons. The van der Waals surface area contributed by atoms with Gasteiger partial charge in [0.1, 0.15) is 0 Å². The van der Waals surface area contributed by atoms with Crippen LogP contribution >= 0.6 is 0 Å². The van der Waals surface area contributed by atoms with E-state index in [-0.39, 0.29) is 18.4 Å². The summed E-state index contributed by atoms with van der Waals surface area (Å²) in [5.74, 6) is -1.41. The lowest BCUT2D eigenvalue weighted by atomic mass is 10.0. The second kappa shape index (κ2) is 7.07. The third-order valence-corrected chi connectivity index (χ3v) is 4.38. The maximum atomic E-state index is 13.2. The van der Waals surface area contributed by atoms with Gasteiger partial charge in [0.2, 0.25) is 5.91 Å². The quantitative estimate of drug-likeness (QED) is 0.874. The van der Waals surface area contributed by atoms with Crippen LogP contribution in [0.25, 0.3) is 0 Å². The van der Waals surface area contributed by atoms with E-state index in [1.54, 1.807) is 6.20 Å². The Labute approximate surface area is 140 Å². The molecule has 1 amide bonds. The molecule has 1 N–H and O–H groups in total. The van der Waals surface area contributed by atoms with Crippen molar-refractivity contribution in [3.63, 3.8) is 0 Å². The molecule has 1 heterocycles. The minimum absolute atomic E-state index is 0.0661. The van der Waals surface area contributed by atoms with Crippen molar-refractivity contribution in [2.75, 3.05) is 0 Å². The normalized spacial score (nSPS) is 15.1. The molecule has 1 saturated carbocycles. The number of pyridine rings is 1. The van der Waals surface area contributed by atoms with Gasteiger partial charge in [0, 0.05) is 12.6 Å². The van der Waals surface area contributed by atoms with Gasteiger partial charge in [0.05, 0.1) is 11.7 Å². The number of nitrogens with zero attached hydrogens (tertiary/aromatic N) is 1. The molecule has 3 nitrogen and oxygen atoms in total. The first kappa shape index (κ1) is 16.6. The van der Waals surface area contributed by atoms with Crippen LogP contribution < -0.4 is 5.32 Å². The number of hydrogen-bond acceptors (Lipinski definition) is 2. The van der Waals surface area contributed by atoms with E-state index in [2.05, 4.69) is 10.3 Å². The molecule has 1 aromatic heterocycles. The van der Waals surface area contributed by atoms with Gasteiger partial charge in [-0.3, -0.25) is 9.78 Å². The van der Waals surface area contributed by atoms with Crippen molar-refractivity contribution in [3.8, 4) is 0 Å². The molecular formula is C19H20F2N2O. The standard InChI is InChI=1S/C19H20F2N2O/c1-12-3-2-10-22-18(12)19(14-6-7-14)23-17(24)9-5-13-4-8-15(20)16(21)11-13/h2-4,8,10-11,14,19H,5-7,9H2,1H3,(H,23,24)/t19-/m0/s1. The molecule has 0 bridgehead atoms. The van der Waals surface area contributed by atoms with Crippen LogP contribution in [0.4, 0.5) is 8.78 Å². The Balaban J connectivity index is 1.62. The van der Waals surface area contributed by atoms with E-state index in [1.165, 1.54) is 6.07 Å². The minimum Gasteiger partial charge on any atom is -0.347 e. The van der Waals surface area contributed by atoms with Crippen molar-refractivity contribution in [3.05, 3.63) is 65.0 Å². The van der Waals surface area contributed by atoms with Crippen LogP contribution in [-0.4, -0.2) is 10.9 Å². The zero-order chi connectivity index (χ0) is 17.1. The smallest absolute Gasteiger partial charge is 0.220 e. The fourth-order valence-electron chi connectivity index (χ4n) is 2.86. The van der Waals surface area contributed by atoms with E-state index in [9.17, 15) is 13.6 Å². The highest BCUT2D eigenvalue weighted by molar-refractivity contribution is 5.76. The molecule has 1 aliphatic rings. The average Bonchev–Trinajstić information content (AvgIpc) is 3.39. The molecular weight excluding hydrogens is 310 g/mol. The maximum absolute atomic E-state index is 13.2. The predicted molar refractivity (Wildman–Crippen MR) is 87.3 cm³/mol. The topological polar surface area (TPSA) is 42.0 Å². The van der Waals surface area contributed by atoms with Crippen LogP contribution in [0.15, 0.2) is 36.5 Å². The summed E-state index contributed by atoms with van der Waals surface area (Å²) in [6.45, 7) is 1.99. The molecule has 3 rings (SSSR count). The van der Waals surface area contributed by atoms with Gasteiger partial charge >= 0.3 is 0 Å². The highest BCUT2D eigenvalue weighted by atomic mass is 19.2. The van der Waals surface area contributed by atoms with Gasteiger partial charge in [-0.25, -0.2) is 8.78 Å². The SMILES string of the molecule is Cc1cccnc1[C@@H](NC(=O)CCc1ccc(F)c(F)c1)C1CC1. The van der Waals surface area contributed by atoms with Crippen molar-refractivity contribution in [2.45, 2.75) is 38.6 Å². The van der Waals surface area contributed by atoms with Gasteiger partial charge in [-0.1, -0.05) is 12.1 Å². The monoisotopic (exact) mass is 330 g/mol. The summed E-state index contributed by atoms with van der Waals surface area (Å²) in [5.41, 5.74) is 2.59. The Morgan fingerprint density at radius 3 is 2.75 bits per heavy atom. The van der Waals surface area contributed by atoms with Crippen LogP contribution in [0, 0.1) is 24.5 Å². The van der Waals surface area contributed by atoms with Gasteiger partial charge in [-0.2, -0.15) is 0 Å². The number of benzene rings is 1. The highest BCUT2D eigenvalue weighted by Gasteiger charge is 2.34. The van der Waals surface area contributed by atoms with Gasteiger partial charge in [0.15, 0.2) is 11.6 Å². The first-order valence-electron chi connectivity index (χ1n) is 8.19. The van der Waals surface area contributed by atoms with Crippen LogP contribution in [0.2, 0.25) is 0 Å². The van der Waals surface area contributed by atoms with E-state index in [1.807, 2.05) is 19.1 Å². The van der Waals surface area contributed by atoms with Crippen molar-refractivity contribution in [1.29, 1.82) is 0 Å². The number of halogens is 2. The molecule has 2 aromatic rings. The van der Waals surface area contributed by atoms with Crippen LogP contribution in [0.3, 0.4) is 0 Å². The lowest BCUT2D eigenvalue weighted by Crippen LogP contribution is -2.31. The number of rotatable bonds is 6. The fourth-order valence-corrected chi connectivity index (χ4v) is 2.86. The van der Waals surface area contributed by atoms with E-state index < -0.39 is 11.6 Å². The Bertz CT molecular complexity index is 744. The van der Waals surface area contributed by atoms with E-state index in [4.69, 9.17) is 0 Å². The number of carbonyl (C=O) groups is 1. The Morgan fingerprint density at radius 2 is 2.08 bits per heavy atom. The highest BCUT2D eigenvalue weighted by Crippen LogP contribution is 2.41. The fraction of sp³-hybridized carbons (Fsp3) is 0.368. The Hall–Kier alpha value is -2.30. The first-order chi connectivity index (χ1) is 11.5. The average molecular weight is 330 g/mol. The summed E-state index contributed by atoms with van der Waals surface area (Å²) in [5, 5.41) is 3.06.